The number of aryl methyl sites for hydroxylation is 1. The zero-order chi connectivity index (χ0) is 14.2. The topological polar surface area (TPSA) is 49.4 Å². The van der Waals surface area contributed by atoms with Crippen molar-refractivity contribution in [1.82, 2.24) is 4.90 Å². The third kappa shape index (κ3) is 2.73. The van der Waals surface area contributed by atoms with E-state index in [-0.39, 0.29) is 24.3 Å². The SMILES string of the molecule is Cc1ccc(NC2CC(=O)N(C(C)C)C2=O)cc1Cl. The largest absolute Gasteiger partial charge is 0.373 e. The summed E-state index contributed by atoms with van der Waals surface area (Å²) in [4.78, 5) is 25.2. The molecule has 1 unspecified atom stereocenters. The number of benzene rings is 1. The van der Waals surface area contributed by atoms with Gasteiger partial charge in [-0.3, -0.25) is 14.5 Å². The molecule has 5 heteroatoms. The number of rotatable bonds is 3. The Morgan fingerprint density at radius 2 is 2.05 bits per heavy atom. The number of amides is 2. The van der Waals surface area contributed by atoms with Crippen LogP contribution in [0.15, 0.2) is 18.2 Å². The molecule has 1 N–H and O–H groups in total. The number of anilines is 1. The van der Waals surface area contributed by atoms with Gasteiger partial charge >= 0.3 is 0 Å². The highest BCUT2D eigenvalue weighted by atomic mass is 35.5. The molecule has 102 valence electrons. The first-order valence-corrected chi connectivity index (χ1v) is 6.66. The van der Waals surface area contributed by atoms with Crippen LogP contribution in [0.5, 0.6) is 0 Å². The van der Waals surface area contributed by atoms with Crippen LogP contribution in [0.2, 0.25) is 5.02 Å². The van der Waals surface area contributed by atoms with Gasteiger partial charge in [-0.1, -0.05) is 17.7 Å². The molecule has 1 aliphatic heterocycles. The van der Waals surface area contributed by atoms with E-state index in [1.807, 2.05) is 32.9 Å². The van der Waals surface area contributed by atoms with Gasteiger partial charge in [0.05, 0.1) is 6.42 Å². The van der Waals surface area contributed by atoms with Gasteiger partial charge in [0.2, 0.25) is 5.91 Å². The maximum atomic E-state index is 12.1. The van der Waals surface area contributed by atoms with E-state index in [4.69, 9.17) is 11.6 Å². The van der Waals surface area contributed by atoms with E-state index in [1.54, 1.807) is 6.07 Å². The highest BCUT2D eigenvalue weighted by Crippen LogP contribution is 2.24. The van der Waals surface area contributed by atoms with Crippen molar-refractivity contribution in [1.29, 1.82) is 0 Å². The number of nitrogens with zero attached hydrogens (tertiary/aromatic N) is 1. The van der Waals surface area contributed by atoms with Crippen LogP contribution in [0.4, 0.5) is 5.69 Å². The third-order valence-corrected chi connectivity index (χ3v) is 3.62. The average molecular weight is 281 g/mol. The first kappa shape index (κ1) is 13.9. The van der Waals surface area contributed by atoms with Crippen molar-refractivity contribution < 1.29 is 9.59 Å². The molecule has 2 amide bonds. The number of carbonyl (C=O) groups excluding carboxylic acids is 2. The number of halogens is 1. The van der Waals surface area contributed by atoms with Gasteiger partial charge in [0.25, 0.3) is 5.91 Å². The van der Waals surface area contributed by atoms with Crippen molar-refractivity contribution in [3.8, 4) is 0 Å². The zero-order valence-corrected chi connectivity index (χ0v) is 12.0. The molecule has 4 nitrogen and oxygen atoms in total. The van der Waals surface area contributed by atoms with Crippen molar-refractivity contribution in [2.24, 2.45) is 0 Å². The first-order valence-electron chi connectivity index (χ1n) is 6.28. The van der Waals surface area contributed by atoms with Crippen molar-refractivity contribution in [3.05, 3.63) is 28.8 Å². The average Bonchev–Trinajstić information content (AvgIpc) is 2.59. The summed E-state index contributed by atoms with van der Waals surface area (Å²) in [6.45, 7) is 5.58. The smallest absolute Gasteiger partial charge is 0.252 e. The highest BCUT2D eigenvalue weighted by molar-refractivity contribution is 6.31. The van der Waals surface area contributed by atoms with Crippen molar-refractivity contribution in [3.63, 3.8) is 0 Å². The molecule has 1 aromatic carbocycles. The van der Waals surface area contributed by atoms with E-state index in [1.165, 1.54) is 4.90 Å². The van der Waals surface area contributed by atoms with E-state index in [0.29, 0.717) is 5.02 Å². The predicted molar refractivity (Wildman–Crippen MR) is 75.2 cm³/mol. The van der Waals surface area contributed by atoms with Crippen LogP contribution < -0.4 is 5.32 Å². The molecule has 1 fully saturated rings. The molecule has 0 bridgehead atoms. The van der Waals surface area contributed by atoms with E-state index in [2.05, 4.69) is 5.32 Å². The summed E-state index contributed by atoms with van der Waals surface area (Å²) < 4.78 is 0. The van der Waals surface area contributed by atoms with Gasteiger partial charge in [-0.25, -0.2) is 0 Å². The molecule has 0 radical (unpaired) electrons. The summed E-state index contributed by atoms with van der Waals surface area (Å²) in [6, 6.07) is 4.91. The third-order valence-electron chi connectivity index (χ3n) is 3.21. The Kier molecular flexibility index (Phi) is 3.80. The zero-order valence-electron chi connectivity index (χ0n) is 11.2. The molecule has 0 aromatic heterocycles. The second-order valence-corrected chi connectivity index (χ2v) is 5.47. The fraction of sp³-hybridized carbons (Fsp3) is 0.429. The second kappa shape index (κ2) is 5.21. The van der Waals surface area contributed by atoms with E-state index in [0.717, 1.165) is 11.3 Å². The predicted octanol–water partition coefficient (Wildman–Crippen LogP) is 2.60. The molecular weight excluding hydrogens is 264 g/mol. The van der Waals surface area contributed by atoms with Gasteiger partial charge in [-0.2, -0.15) is 0 Å². The summed E-state index contributed by atoms with van der Waals surface area (Å²) in [5.74, 6) is -0.299. The Morgan fingerprint density at radius 1 is 1.37 bits per heavy atom. The van der Waals surface area contributed by atoms with Gasteiger partial charge in [0.15, 0.2) is 0 Å². The fourth-order valence-electron chi connectivity index (χ4n) is 2.19. The van der Waals surface area contributed by atoms with Gasteiger partial charge in [0.1, 0.15) is 6.04 Å². The number of nitrogens with one attached hydrogen (secondary N) is 1. The summed E-state index contributed by atoms with van der Waals surface area (Å²) in [5.41, 5.74) is 1.73. The molecule has 1 saturated heterocycles. The van der Waals surface area contributed by atoms with Crippen LogP contribution >= 0.6 is 11.6 Å². The Bertz CT molecular complexity index is 528. The lowest BCUT2D eigenvalue weighted by Crippen LogP contribution is -2.39. The Balaban J connectivity index is 2.14. The summed E-state index contributed by atoms with van der Waals surface area (Å²) >= 11 is 6.04. The standard InChI is InChI=1S/C14H17ClN2O2/c1-8(2)17-13(18)7-12(14(17)19)16-10-5-4-9(3)11(15)6-10/h4-6,8,12,16H,7H2,1-3H3. The summed E-state index contributed by atoms with van der Waals surface area (Å²) in [7, 11) is 0. The van der Waals surface area contributed by atoms with Crippen LogP contribution in [-0.2, 0) is 9.59 Å². The number of imide groups is 1. The molecule has 1 heterocycles. The lowest BCUT2D eigenvalue weighted by Gasteiger charge is -2.19. The molecule has 0 spiro atoms. The maximum absolute atomic E-state index is 12.1. The number of likely N-dealkylation sites (tertiary alicyclic amines) is 1. The summed E-state index contributed by atoms with van der Waals surface area (Å²) in [5, 5.41) is 3.72. The Labute approximate surface area is 117 Å². The molecule has 1 aromatic rings. The van der Waals surface area contributed by atoms with E-state index in [9.17, 15) is 9.59 Å². The van der Waals surface area contributed by atoms with Gasteiger partial charge < -0.3 is 5.32 Å². The molecule has 1 atom stereocenters. The molecule has 19 heavy (non-hydrogen) atoms. The Hall–Kier alpha value is -1.55. The quantitative estimate of drug-likeness (QED) is 0.866. The second-order valence-electron chi connectivity index (χ2n) is 5.06. The van der Waals surface area contributed by atoms with Crippen molar-refractivity contribution >= 4 is 29.1 Å². The first-order chi connectivity index (χ1) is 8.90. The lowest BCUT2D eigenvalue weighted by molar-refractivity contribution is -0.140. The number of carbonyl (C=O) groups is 2. The minimum absolute atomic E-state index is 0.103. The van der Waals surface area contributed by atoms with Gasteiger partial charge in [0, 0.05) is 16.8 Å². The number of hydrogen-bond acceptors (Lipinski definition) is 3. The molecule has 0 aliphatic carbocycles. The highest BCUT2D eigenvalue weighted by Gasteiger charge is 2.39. The van der Waals surface area contributed by atoms with Crippen LogP contribution in [0.3, 0.4) is 0 Å². The van der Waals surface area contributed by atoms with Crippen molar-refractivity contribution in [2.75, 3.05) is 5.32 Å². The lowest BCUT2D eigenvalue weighted by atomic mass is 10.2. The molecule has 2 rings (SSSR count). The summed E-state index contributed by atoms with van der Waals surface area (Å²) in [6.07, 6.45) is 0.197. The monoisotopic (exact) mass is 280 g/mol. The minimum Gasteiger partial charge on any atom is -0.373 e. The maximum Gasteiger partial charge on any atom is 0.252 e. The minimum atomic E-state index is -0.492. The van der Waals surface area contributed by atoms with Crippen LogP contribution in [0.1, 0.15) is 25.8 Å². The molecule has 1 aliphatic rings. The van der Waals surface area contributed by atoms with Crippen LogP contribution in [-0.4, -0.2) is 28.8 Å². The number of hydrogen-bond donors (Lipinski definition) is 1. The normalized spacial score (nSPS) is 19.4. The van der Waals surface area contributed by atoms with Gasteiger partial charge in [-0.05, 0) is 38.5 Å². The molecule has 0 saturated carbocycles. The van der Waals surface area contributed by atoms with Gasteiger partial charge in [-0.15, -0.1) is 0 Å². The van der Waals surface area contributed by atoms with Crippen molar-refractivity contribution in [2.45, 2.75) is 39.3 Å². The Morgan fingerprint density at radius 3 is 2.58 bits per heavy atom. The van der Waals surface area contributed by atoms with Crippen LogP contribution in [0, 0.1) is 6.92 Å². The fourth-order valence-corrected chi connectivity index (χ4v) is 2.37. The van der Waals surface area contributed by atoms with E-state index < -0.39 is 6.04 Å². The van der Waals surface area contributed by atoms with Crippen LogP contribution in [0.25, 0.3) is 0 Å². The van der Waals surface area contributed by atoms with E-state index >= 15 is 0 Å². The molecular formula is C14H17ClN2O2.